The summed E-state index contributed by atoms with van der Waals surface area (Å²) in [5, 5.41) is 9.26. The number of anilines is 1. The first-order valence-electron chi connectivity index (χ1n) is 4.70. The van der Waals surface area contributed by atoms with Gasteiger partial charge in [0.25, 0.3) is 17.8 Å². The van der Waals surface area contributed by atoms with Crippen LogP contribution in [0, 0.1) is 0 Å². The van der Waals surface area contributed by atoms with Gasteiger partial charge in [-0.05, 0) is 6.42 Å². The minimum Gasteiger partial charge on any atom is -0.371 e. The monoisotopic (exact) mass is 209 g/mol. The first kappa shape index (κ1) is 9.50. The number of hydrogen-bond acceptors (Lipinski definition) is 5. The Labute approximate surface area is 86.1 Å². The van der Waals surface area contributed by atoms with Crippen LogP contribution >= 0.6 is 0 Å². The maximum absolute atomic E-state index is 9.26. The maximum atomic E-state index is 9.26. The van der Waals surface area contributed by atoms with E-state index in [1.165, 1.54) is 6.33 Å². The van der Waals surface area contributed by atoms with Crippen LogP contribution in [-0.4, -0.2) is 26.4 Å². The highest BCUT2D eigenvalue weighted by Crippen LogP contribution is 2.11. The van der Waals surface area contributed by atoms with E-state index in [0.29, 0.717) is 11.2 Å². The van der Waals surface area contributed by atoms with Crippen molar-refractivity contribution in [3.63, 3.8) is 0 Å². The molecule has 0 amide bonds. The van der Waals surface area contributed by atoms with Crippen molar-refractivity contribution in [3.05, 3.63) is 12.7 Å². The summed E-state index contributed by atoms with van der Waals surface area (Å²) >= 11 is 0. The first-order valence-corrected chi connectivity index (χ1v) is 4.70. The lowest BCUT2D eigenvalue weighted by molar-refractivity contribution is -0.894. The highest BCUT2D eigenvalue weighted by molar-refractivity contribution is 5.79. The molecule has 0 aliphatic rings. The zero-order valence-corrected chi connectivity index (χ0v) is 8.38. The third-order valence-corrected chi connectivity index (χ3v) is 2.05. The second-order valence-corrected chi connectivity index (χ2v) is 3.17. The molecule has 0 aliphatic carbocycles. The SMILES string of the molecule is CCCNn1cnc2c(N)[n+](O)cnc21. The van der Waals surface area contributed by atoms with E-state index < -0.39 is 0 Å². The van der Waals surface area contributed by atoms with E-state index >= 15 is 0 Å². The number of aromatic nitrogens is 4. The molecule has 0 aromatic carbocycles. The van der Waals surface area contributed by atoms with Crippen LogP contribution in [0.2, 0.25) is 0 Å². The van der Waals surface area contributed by atoms with Gasteiger partial charge in [0.15, 0.2) is 0 Å². The number of rotatable bonds is 3. The summed E-state index contributed by atoms with van der Waals surface area (Å²) in [6.07, 6.45) is 3.83. The number of imidazole rings is 1. The average Bonchev–Trinajstić information content (AvgIpc) is 2.64. The quantitative estimate of drug-likeness (QED) is 0.467. The molecule has 2 aromatic rings. The lowest BCUT2D eigenvalue weighted by Crippen LogP contribution is -2.34. The van der Waals surface area contributed by atoms with Crippen molar-refractivity contribution < 1.29 is 9.94 Å². The van der Waals surface area contributed by atoms with Gasteiger partial charge in [0, 0.05) is 6.54 Å². The minimum absolute atomic E-state index is 0.178. The summed E-state index contributed by atoms with van der Waals surface area (Å²) in [7, 11) is 0. The molecule has 0 bridgehead atoms. The average molecular weight is 209 g/mol. The molecule has 0 saturated heterocycles. The summed E-state index contributed by atoms with van der Waals surface area (Å²) < 4.78 is 2.44. The fraction of sp³-hybridized carbons (Fsp3) is 0.375. The summed E-state index contributed by atoms with van der Waals surface area (Å²) in [6.45, 7) is 2.89. The molecule has 0 fully saturated rings. The molecule has 7 heteroatoms. The van der Waals surface area contributed by atoms with Gasteiger partial charge in [-0.2, -0.15) is 0 Å². The third kappa shape index (κ3) is 1.51. The Bertz CT molecular complexity index is 479. The molecule has 0 spiro atoms. The Kier molecular flexibility index (Phi) is 2.28. The molecular weight excluding hydrogens is 196 g/mol. The second-order valence-electron chi connectivity index (χ2n) is 3.17. The van der Waals surface area contributed by atoms with E-state index in [1.807, 2.05) is 0 Å². The van der Waals surface area contributed by atoms with Gasteiger partial charge in [-0.3, -0.25) is 0 Å². The van der Waals surface area contributed by atoms with Crippen molar-refractivity contribution in [1.82, 2.24) is 14.6 Å². The van der Waals surface area contributed by atoms with Crippen LogP contribution in [0.4, 0.5) is 5.82 Å². The number of fused-ring (bicyclic) bond motifs is 1. The normalized spacial score (nSPS) is 10.7. The molecule has 0 radical (unpaired) electrons. The standard InChI is InChI=1S/C8H12N6O/c1-2-3-12-13-4-10-6-7(9)14(15)5-11-8(6)13/h4-5,9,12,15H,2-3H2,1H3/p+1. The van der Waals surface area contributed by atoms with Gasteiger partial charge >= 0.3 is 0 Å². The number of nitrogen functional groups attached to an aromatic ring is 1. The lowest BCUT2D eigenvalue weighted by atomic mass is 10.5. The topological polar surface area (TPSA) is 92.9 Å². The van der Waals surface area contributed by atoms with Gasteiger partial charge in [0.1, 0.15) is 6.33 Å². The van der Waals surface area contributed by atoms with Crippen LogP contribution in [-0.2, 0) is 0 Å². The summed E-state index contributed by atoms with van der Waals surface area (Å²) in [6, 6.07) is 0. The van der Waals surface area contributed by atoms with Gasteiger partial charge in [0.2, 0.25) is 5.52 Å². The molecule has 15 heavy (non-hydrogen) atoms. The molecule has 0 saturated carbocycles. The van der Waals surface area contributed by atoms with Crippen LogP contribution in [0.1, 0.15) is 13.3 Å². The lowest BCUT2D eigenvalue weighted by Gasteiger charge is -2.03. The van der Waals surface area contributed by atoms with Crippen LogP contribution in [0.5, 0.6) is 0 Å². The Morgan fingerprint density at radius 1 is 1.60 bits per heavy atom. The summed E-state index contributed by atoms with van der Waals surface area (Å²) in [4.78, 5) is 8.09. The minimum atomic E-state index is 0.178. The van der Waals surface area contributed by atoms with Crippen molar-refractivity contribution in [2.45, 2.75) is 13.3 Å². The van der Waals surface area contributed by atoms with Crippen LogP contribution in [0.25, 0.3) is 11.2 Å². The van der Waals surface area contributed by atoms with E-state index in [4.69, 9.17) is 5.73 Å². The number of nitrogens with zero attached hydrogens (tertiary/aromatic N) is 4. The highest BCUT2D eigenvalue weighted by Gasteiger charge is 2.15. The number of nitrogens with two attached hydrogens (primary N) is 1. The van der Waals surface area contributed by atoms with E-state index in [-0.39, 0.29) is 5.82 Å². The van der Waals surface area contributed by atoms with Crippen LogP contribution in [0.15, 0.2) is 12.7 Å². The van der Waals surface area contributed by atoms with E-state index in [9.17, 15) is 5.21 Å². The Hall–Kier alpha value is -2.05. The molecular formula is C8H13N6O+. The molecule has 2 heterocycles. The van der Waals surface area contributed by atoms with Crippen molar-refractivity contribution in [2.75, 3.05) is 17.7 Å². The fourth-order valence-corrected chi connectivity index (χ4v) is 1.27. The van der Waals surface area contributed by atoms with Gasteiger partial charge in [-0.15, -0.1) is 0 Å². The van der Waals surface area contributed by atoms with Gasteiger partial charge in [0.05, 0.1) is 0 Å². The van der Waals surface area contributed by atoms with Crippen molar-refractivity contribution >= 4 is 17.0 Å². The molecule has 0 aliphatic heterocycles. The number of nitrogens with one attached hydrogen (secondary N) is 1. The Morgan fingerprint density at radius 2 is 2.40 bits per heavy atom. The molecule has 0 atom stereocenters. The predicted octanol–water partition coefficient (Wildman–Crippen LogP) is -0.508. The largest absolute Gasteiger partial charge is 0.371 e. The third-order valence-electron chi connectivity index (χ3n) is 2.05. The maximum Gasteiger partial charge on any atom is 0.289 e. The van der Waals surface area contributed by atoms with Crippen LogP contribution < -0.4 is 15.9 Å². The molecule has 4 N–H and O–H groups in total. The summed E-state index contributed by atoms with van der Waals surface area (Å²) in [5.41, 5.74) is 9.82. The van der Waals surface area contributed by atoms with Gasteiger partial charge < -0.3 is 16.4 Å². The van der Waals surface area contributed by atoms with E-state index in [1.54, 1.807) is 11.0 Å². The Morgan fingerprint density at radius 3 is 3.13 bits per heavy atom. The number of hydrogen-bond donors (Lipinski definition) is 3. The van der Waals surface area contributed by atoms with Crippen molar-refractivity contribution in [3.8, 4) is 0 Å². The fourth-order valence-electron chi connectivity index (χ4n) is 1.27. The summed E-state index contributed by atoms with van der Waals surface area (Å²) in [5.74, 6) is 0.178. The van der Waals surface area contributed by atoms with E-state index in [2.05, 4.69) is 22.3 Å². The van der Waals surface area contributed by atoms with Gasteiger partial charge in [-0.25, -0.2) is 9.66 Å². The first-order chi connectivity index (χ1) is 7.24. The van der Waals surface area contributed by atoms with E-state index in [0.717, 1.165) is 17.7 Å². The molecule has 2 aromatic heterocycles. The zero-order chi connectivity index (χ0) is 10.8. The molecule has 2 rings (SSSR count). The molecule has 80 valence electrons. The zero-order valence-electron chi connectivity index (χ0n) is 8.38. The second kappa shape index (κ2) is 3.60. The van der Waals surface area contributed by atoms with Gasteiger partial charge in [-0.1, -0.05) is 16.6 Å². The predicted molar refractivity (Wildman–Crippen MR) is 53.8 cm³/mol. The molecule has 0 unspecified atom stereocenters. The smallest absolute Gasteiger partial charge is 0.289 e. The van der Waals surface area contributed by atoms with Crippen molar-refractivity contribution in [1.29, 1.82) is 0 Å². The Balaban J connectivity index is 2.47. The molecule has 7 nitrogen and oxygen atoms in total. The van der Waals surface area contributed by atoms with Crippen LogP contribution in [0.3, 0.4) is 0 Å². The van der Waals surface area contributed by atoms with Crippen molar-refractivity contribution in [2.24, 2.45) is 0 Å². The highest BCUT2D eigenvalue weighted by atomic mass is 16.5.